The van der Waals surface area contributed by atoms with Gasteiger partial charge in [0, 0.05) is 13.1 Å². The molecule has 3 N–H and O–H groups in total. The maximum Gasteiger partial charge on any atom is 0.122 e. The van der Waals surface area contributed by atoms with E-state index < -0.39 is 6.10 Å². The summed E-state index contributed by atoms with van der Waals surface area (Å²) in [5.41, 5.74) is 2.32. The molecule has 1 rings (SSSR count). The molecule has 0 aliphatic rings. The minimum Gasteiger partial charge on any atom is -0.496 e. The monoisotopic (exact) mass is 267 g/mol. The van der Waals surface area contributed by atoms with Crippen molar-refractivity contribution in [2.24, 2.45) is 0 Å². The van der Waals surface area contributed by atoms with E-state index in [-0.39, 0.29) is 12.0 Å². The summed E-state index contributed by atoms with van der Waals surface area (Å²) in [6.07, 6.45) is -0.708. The molecule has 0 fully saturated rings. The summed E-state index contributed by atoms with van der Waals surface area (Å²) in [6, 6.07) is 6.10. The van der Waals surface area contributed by atoms with Crippen molar-refractivity contribution in [3.8, 4) is 5.75 Å². The van der Waals surface area contributed by atoms with E-state index in [2.05, 4.69) is 32.2 Å². The molecule has 0 bridgehead atoms. The van der Waals surface area contributed by atoms with Crippen LogP contribution in [0.5, 0.6) is 5.75 Å². The van der Waals surface area contributed by atoms with Crippen molar-refractivity contribution in [2.75, 3.05) is 20.3 Å². The summed E-state index contributed by atoms with van der Waals surface area (Å²) in [6.45, 7) is 7.27. The molecule has 0 spiro atoms. The van der Waals surface area contributed by atoms with Gasteiger partial charge < -0.3 is 20.3 Å². The van der Waals surface area contributed by atoms with Crippen molar-refractivity contribution in [1.29, 1.82) is 0 Å². The molecule has 0 radical (unpaired) electrons. The van der Waals surface area contributed by atoms with Crippen LogP contribution in [-0.4, -0.2) is 36.6 Å². The minimum absolute atomic E-state index is 0.0198. The molecule has 4 nitrogen and oxygen atoms in total. The number of nitrogens with one attached hydrogen (secondary N) is 1. The lowest BCUT2D eigenvalue weighted by Crippen LogP contribution is -2.29. The Balaban J connectivity index is 2.76. The van der Waals surface area contributed by atoms with E-state index in [4.69, 9.17) is 9.84 Å². The quantitative estimate of drug-likeness (QED) is 0.730. The van der Waals surface area contributed by atoms with E-state index >= 15 is 0 Å². The average molecular weight is 267 g/mol. The van der Waals surface area contributed by atoms with Gasteiger partial charge in [-0.1, -0.05) is 32.9 Å². The van der Waals surface area contributed by atoms with Crippen molar-refractivity contribution < 1.29 is 14.9 Å². The predicted molar refractivity (Wildman–Crippen MR) is 76.5 cm³/mol. The molecular weight excluding hydrogens is 242 g/mol. The molecule has 0 aliphatic carbocycles. The topological polar surface area (TPSA) is 61.7 Å². The van der Waals surface area contributed by atoms with Gasteiger partial charge >= 0.3 is 0 Å². The van der Waals surface area contributed by atoms with Gasteiger partial charge in [-0.15, -0.1) is 0 Å². The lowest BCUT2D eigenvalue weighted by Gasteiger charge is -2.23. The van der Waals surface area contributed by atoms with Gasteiger partial charge in [0.05, 0.1) is 19.8 Å². The van der Waals surface area contributed by atoms with Crippen LogP contribution in [0, 0.1) is 0 Å². The third-order valence-corrected chi connectivity index (χ3v) is 2.99. The maximum absolute atomic E-state index is 9.27. The van der Waals surface area contributed by atoms with E-state index in [1.165, 1.54) is 0 Å². The maximum atomic E-state index is 9.27. The van der Waals surface area contributed by atoms with Crippen LogP contribution < -0.4 is 10.1 Å². The first-order chi connectivity index (χ1) is 8.88. The Morgan fingerprint density at radius 1 is 1.32 bits per heavy atom. The summed E-state index contributed by atoms with van der Waals surface area (Å²) in [5, 5.41) is 21.1. The summed E-state index contributed by atoms with van der Waals surface area (Å²) in [7, 11) is 1.68. The Labute approximate surface area is 115 Å². The third-order valence-electron chi connectivity index (χ3n) is 2.99. The largest absolute Gasteiger partial charge is 0.496 e. The Kier molecular flexibility index (Phi) is 5.79. The van der Waals surface area contributed by atoms with Gasteiger partial charge in [-0.2, -0.15) is 0 Å². The Morgan fingerprint density at radius 3 is 2.53 bits per heavy atom. The fourth-order valence-corrected chi connectivity index (χ4v) is 1.90. The number of hydrogen-bond donors (Lipinski definition) is 3. The van der Waals surface area contributed by atoms with E-state index in [0.29, 0.717) is 13.1 Å². The van der Waals surface area contributed by atoms with Gasteiger partial charge in [-0.05, 0) is 22.6 Å². The number of aliphatic hydroxyl groups is 2. The minimum atomic E-state index is -0.708. The molecule has 0 amide bonds. The van der Waals surface area contributed by atoms with E-state index in [1.807, 2.05) is 12.1 Å². The van der Waals surface area contributed by atoms with Crippen LogP contribution in [0.25, 0.3) is 0 Å². The first-order valence-corrected chi connectivity index (χ1v) is 6.55. The molecule has 1 atom stereocenters. The number of benzene rings is 1. The van der Waals surface area contributed by atoms with Crippen LogP contribution in [0.15, 0.2) is 18.2 Å². The van der Waals surface area contributed by atoms with Crippen LogP contribution in [-0.2, 0) is 12.0 Å². The Hall–Kier alpha value is -1.10. The van der Waals surface area contributed by atoms with Crippen LogP contribution >= 0.6 is 0 Å². The Morgan fingerprint density at radius 2 is 2.00 bits per heavy atom. The lowest BCUT2D eigenvalue weighted by atomic mass is 9.85. The van der Waals surface area contributed by atoms with Gasteiger partial charge in [0.2, 0.25) is 0 Å². The van der Waals surface area contributed by atoms with Gasteiger partial charge in [-0.25, -0.2) is 0 Å². The first kappa shape index (κ1) is 16.0. The lowest BCUT2D eigenvalue weighted by molar-refractivity contribution is 0.0942. The molecule has 0 saturated carbocycles. The van der Waals surface area contributed by atoms with Crippen molar-refractivity contribution in [2.45, 2.75) is 38.8 Å². The van der Waals surface area contributed by atoms with Crippen LogP contribution in [0.2, 0.25) is 0 Å². The van der Waals surface area contributed by atoms with E-state index in [0.717, 1.165) is 16.9 Å². The van der Waals surface area contributed by atoms with Crippen molar-refractivity contribution >= 4 is 0 Å². The highest BCUT2D eigenvalue weighted by Crippen LogP contribution is 2.31. The van der Waals surface area contributed by atoms with Gasteiger partial charge in [0.15, 0.2) is 0 Å². The number of ether oxygens (including phenoxy) is 1. The second-order valence-electron chi connectivity index (χ2n) is 5.75. The molecule has 1 unspecified atom stereocenters. The zero-order valence-electron chi connectivity index (χ0n) is 12.2. The third kappa shape index (κ3) is 4.82. The second-order valence-corrected chi connectivity index (χ2v) is 5.75. The summed E-state index contributed by atoms with van der Waals surface area (Å²) >= 11 is 0. The Bertz CT molecular complexity index is 399. The SMILES string of the molecule is COc1ccc(CNCC(O)CO)cc1C(C)(C)C. The van der Waals surface area contributed by atoms with Crippen LogP contribution in [0.1, 0.15) is 31.9 Å². The average Bonchev–Trinajstić information content (AvgIpc) is 2.37. The molecule has 4 heteroatoms. The zero-order chi connectivity index (χ0) is 14.5. The van der Waals surface area contributed by atoms with Crippen molar-refractivity contribution in [3.05, 3.63) is 29.3 Å². The summed E-state index contributed by atoms with van der Waals surface area (Å²) < 4.78 is 5.39. The molecule has 1 aromatic carbocycles. The fraction of sp³-hybridized carbons (Fsp3) is 0.600. The van der Waals surface area contributed by atoms with Crippen LogP contribution in [0.3, 0.4) is 0 Å². The fourth-order valence-electron chi connectivity index (χ4n) is 1.90. The second kappa shape index (κ2) is 6.89. The standard InChI is InChI=1S/C15H25NO3/c1-15(2,3)13-7-11(5-6-14(13)19-4)8-16-9-12(18)10-17/h5-7,12,16-18H,8-10H2,1-4H3. The highest BCUT2D eigenvalue weighted by Gasteiger charge is 2.19. The number of hydrogen-bond acceptors (Lipinski definition) is 4. The zero-order valence-corrected chi connectivity index (χ0v) is 12.2. The molecule has 19 heavy (non-hydrogen) atoms. The van der Waals surface area contributed by atoms with Gasteiger partial charge in [0.1, 0.15) is 5.75 Å². The van der Waals surface area contributed by atoms with Gasteiger partial charge in [0.25, 0.3) is 0 Å². The van der Waals surface area contributed by atoms with Crippen molar-refractivity contribution in [1.82, 2.24) is 5.32 Å². The van der Waals surface area contributed by atoms with Gasteiger partial charge in [-0.3, -0.25) is 0 Å². The molecule has 108 valence electrons. The summed E-state index contributed by atoms with van der Waals surface area (Å²) in [5.74, 6) is 0.895. The molecule has 0 aliphatic heterocycles. The predicted octanol–water partition coefficient (Wildman–Crippen LogP) is 1.44. The first-order valence-electron chi connectivity index (χ1n) is 6.55. The van der Waals surface area contributed by atoms with E-state index in [9.17, 15) is 5.11 Å². The van der Waals surface area contributed by atoms with Crippen LogP contribution in [0.4, 0.5) is 0 Å². The molecule has 0 heterocycles. The molecular formula is C15H25NO3. The number of aliphatic hydroxyl groups excluding tert-OH is 2. The normalized spacial score (nSPS) is 13.4. The molecule has 0 aromatic heterocycles. The highest BCUT2D eigenvalue weighted by molar-refractivity contribution is 5.41. The highest BCUT2D eigenvalue weighted by atomic mass is 16.5. The number of methoxy groups -OCH3 is 1. The molecule has 1 aromatic rings. The number of rotatable bonds is 6. The summed E-state index contributed by atoms with van der Waals surface area (Å²) in [4.78, 5) is 0. The van der Waals surface area contributed by atoms with Crippen molar-refractivity contribution in [3.63, 3.8) is 0 Å². The smallest absolute Gasteiger partial charge is 0.122 e. The molecule has 0 saturated heterocycles. The van der Waals surface area contributed by atoms with E-state index in [1.54, 1.807) is 7.11 Å².